The zero-order chi connectivity index (χ0) is 13.9. The van der Waals surface area contributed by atoms with E-state index in [0.29, 0.717) is 0 Å². The molecule has 4 heteroatoms. The first kappa shape index (κ1) is 12.8. The highest BCUT2D eigenvalue weighted by atomic mass is 32.2. The third kappa shape index (κ3) is 2.42. The van der Waals surface area contributed by atoms with Gasteiger partial charge in [-0.3, -0.25) is 4.98 Å². The van der Waals surface area contributed by atoms with E-state index in [4.69, 9.17) is 10.5 Å². The molecule has 0 saturated heterocycles. The Labute approximate surface area is 121 Å². The molecule has 100 valence electrons. The highest BCUT2D eigenvalue weighted by Crippen LogP contribution is 2.37. The summed E-state index contributed by atoms with van der Waals surface area (Å²) in [6.45, 7) is 0. The summed E-state index contributed by atoms with van der Waals surface area (Å²) < 4.78 is 5.39. The van der Waals surface area contributed by atoms with Crippen molar-refractivity contribution in [3.8, 4) is 5.75 Å². The lowest BCUT2D eigenvalue weighted by atomic mass is 10.2. The highest BCUT2D eigenvalue weighted by molar-refractivity contribution is 7.99. The summed E-state index contributed by atoms with van der Waals surface area (Å²) in [6, 6.07) is 15.8. The highest BCUT2D eigenvalue weighted by Gasteiger charge is 2.07. The number of aromatic nitrogens is 1. The van der Waals surface area contributed by atoms with E-state index >= 15 is 0 Å². The third-order valence-corrected chi connectivity index (χ3v) is 4.15. The number of benzene rings is 2. The number of methoxy groups -OCH3 is 1. The van der Waals surface area contributed by atoms with Crippen LogP contribution in [0.25, 0.3) is 10.9 Å². The van der Waals surface area contributed by atoms with Crippen LogP contribution in [-0.2, 0) is 0 Å². The molecule has 3 aromatic rings. The Morgan fingerprint density at radius 1 is 1.05 bits per heavy atom. The molecule has 0 bridgehead atoms. The maximum absolute atomic E-state index is 5.81. The van der Waals surface area contributed by atoms with Gasteiger partial charge in [0.15, 0.2) is 0 Å². The molecule has 0 aliphatic carbocycles. The van der Waals surface area contributed by atoms with Crippen LogP contribution >= 0.6 is 11.8 Å². The van der Waals surface area contributed by atoms with E-state index in [0.717, 1.165) is 32.1 Å². The van der Waals surface area contributed by atoms with Gasteiger partial charge >= 0.3 is 0 Å². The van der Waals surface area contributed by atoms with Crippen LogP contribution in [0.2, 0.25) is 0 Å². The second-order valence-electron chi connectivity index (χ2n) is 4.34. The molecule has 0 aliphatic heterocycles. The van der Waals surface area contributed by atoms with Crippen molar-refractivity contribution in [1.29, 1.82) is 0 Å². The van der Waals surface area contributed by atoms with Crippen molar-refractivity contribution in [3.63, 3.8) is 0 Å². The zero-order valence-electron chi connectivity index (χ0n) is 11.0. The van der Waals surface area contributed by atoms with E-state index in [1.54, 1.807) is 25.1 Å². The van der Waals surface area contributed by atoms with E-state index in [2.05, 4.69) is 4.98 Å². The molecule has 0 radical (unpaired) electrons. The topological polar surface area (TPSA) is 48.1 Å². The number of anilines is 1. The minimum Gasteiger partial charge on any atom is -0.496 e. The van der Waals surface area contributed by atoms with E-state index in [9.17, 15) is 0 Å². The summed E-state index contributed by atoms with van der Waals surface area (Å²) in [5.41, 5.74) is 7.44. The summed E-state index contributed by atoms with van der Waals surface area (Å²) in [7, 11) is 1.69. The number of fused-ring (bicyclic) bond motifs is 1. The number of pyridine rings is 1. The Hall–Kier alpha value is -2.20. The molecule has 1 heterocycles. The van der Waals surface area contributed by atoms with E-state index in [1.165, 1.54) is 0 Å². The molecule has 0 unspecified atom stereocenters. The predicted octanol–water partition coefficient (Wildman–Crippen LogP) is 3.98. The van der Waals surface area contributed by atoms with Crippen molar-refractivity contribution in [3.05, 3.63) is 54.7 Å². The molecule has 2 N–H and O–H groups in total. The second-order valence-corrected chi connectivity index (χ2v) is 5.42. The van der Waals surface area contributed by atoms with Crippen LogP contribution in [-0.4, -0.2) is 12.1 Å². The predicted molar refractivity (Wildman–Crippen MR) is 83.3 cm³/mol. The van der Waals surface area contributed by atoms with E-state index in [-0.39, 0.29) is 0 Å². The van der Waals surface area contributed by atoms with Gasteiger partial charge in [0.25, 0.3) is 0 Å². The fourth-order valence-corrected chi connectivity index (χ4v) is 3.10. The largest absolute Gasteiger partial charge is 0.496 e. The van der Waals surface area contributed by atoms with Crippen LogP contribution in [0, 0.1) is 0 Å². The molecule has 3 nitrogen and oxygen atoms in total. The average molecular weight is 282 g/mol. The van der Waals surface area contributed by atoms with Gasteiger partial charge in [-0.05, 0) is 36.4 Å². The number of nitrogen functional groups attached to an aromatic ring is 1. The van der Waals surface area contributed by atoms with Gasteiger partial charge in [0.05, 0.1) is 17.5 Å². The van der Waals surface area contributed by atoms with Crippen molar-refractivity contribution >= 4 is 28.4 Å². The summed E-state index contributed by atoms with van der Waals surface area (Å²) in [5.74, 6) is 0.873. The van der Waals surface area contributed by atoms with Crippen LogP contribution in [0.5, 0.6) is 5.75 Å². The normalized spacial score (nSPS) is 10.7. The molecule has 3 rings (SSSR count). The van der Waals surface area contributed by atoms with Crippen molar-refractivity contribution < 1.29 is 4.74 Å². The first-order chi connectivity index (χ1) is 9.78. The molecule has 20 heavy (non-hydrogen) atoms. The van der Waals surface area contributed by atoms with Gasteiger partial charge < -0.3 is 10.5 Å². The monoisotopic (exact) mass is 282 g/mol. The minimum absolute atomic E-state index is 0.726. The standard InChI is InChI=1S/C16H14N2OS/c1-19-14-4-2-3-5-16(14)20-15-8-9-18-13-10-11(17)6-7-12(13)15/h2-10H,17H2,1H3. The van der Waals surface area contributed by atoms with Gasteiger partial charge in [-0.2, -0.15) is 0 Å². The second kappa shape index (κ2) is 5.43. The van der Waals surface area contributed by atoms with E-state index in [1.807, 2.05) is 48.5 Å². The Balaban J connectivity index is 2.07. The first-order valence-electron chi connectivity index (χ1n) is 6.23. The summed E-state index contributed by atoms with van der Waals surface area (Å²) in [5, 5.41) is 1.10. The molecule has 0 amide bonds. The zero-order valence-corrected chi connectivity index (χ0v) is 11.9. The fraction of sp³-hybridized carbons (Fsp3) is 0.0625. The smallest absolute Gasteiger partial charge is 0.132 e. The van der Waals surface area contributed by atoms with Crippen molar-refractivity contribution in [1.82, 2.24) is 4.98 Å². The molecule has 0 spiro atoms. The van der Waals surface area contributed by atoms with Crippen LogP contribution in [0.3, 0.4) is 0 Å². The molecule has 2 aromatic carbocycles. The number of nitrogens with zero attached hydrogens (tertiary/aromatic N) is 1. The molecule has 1 aromatic heterocycles. The maximum atomic E-state index is 5.81. The molecule has 0 fully saturated rings. The van der Waals surface area contributed by atoms with Crippen LogP contribution in [0.15, 0.2) is 64.5 Å². The maximum Gasteiger partial charge on any atom is 0.132 e. The number of hydrogen-bond acceptors (Lipinski definition) is 4. The van der Waals surface area contributed by atoms with Gasteiger partial charge in [-0.25, -0.2) is 0 Å². The Morgan fingerprint density at radius 2 is 1.90 bits per heavy atom. The minimum atomic E-state index is 0.726. The van der Waals surface area contributed by atoms with Crippen molar-refractivity contribution in [2.24, 2.45) is 0 Å². The molecular weight excluding hydrogens is 268 g/mol. The first-order valence-corrected chi connectivity index (χ1v) is 7.04. The number of nitrogens with two attached hydrogens (primary N) is 1. The molecule has 0 aliphatic rings. The van der Waals surface area contributed by atoms with Crippen LogP contribution in [0.4, 0.5) is 5.69 Å². The van der Waals surface area contributed by atoms with Gasteiger partial charge in [-0.1, -0.05) is 23.9 Å². The Kier molecular flexibility index (Phi) is 3.48. The third-order valence-electron chi connectivity index (χ3n) is 3.02. The number of ether oxygens (including phenoxy) is 1. The van der Waals surface area contributed by atoms with Gasteiger partial charge in [-0.15, -0.1) is 0 Å². The Morgan fingerprint density at radius 3 is 2.75 bits per heavy atom. The molecule has 0 atom stereocenters. The Bertz CT molecular complexity index is 758. The van der Waals surface area contributed by atoms with Crippen LogP contribution < -0.4 is 10.5 Å². The van der Waals surface area contributed by atoms with Crippen molar-refractivity contribution in [2.75, 3.05) is 12.8 Å². The average Bonchev–Trinajstić information content (AvgIpc) is 2.47. The molecule has 0 saturated carbocycles. The number of para-hydroxylation sites is 1. The van der Waals surface area contributed by atoms with Gasteiger partial charge in [0.2, 0.25) is 0 Å². The van der Waals surface area contributed by atoms with Crippen molar-refractivity contribution in [2.45, 2.75) is 9.79 Å². The van der Waals surface area contributed by atoms with E-state index < -0.39 is 0 Å². The van der Waals surface area contributed by atoms with Crippen LogP contribution in [0.1, 0.15) is 0 Å². The van der Waals surface area contributed by atoms with Gasteiger partial charge in [0, 0.05) is 22.2 Å². The summed E-state index contributed by atoms with van der Waals surface area (Å²) in [6.07, 6.45) is 1.81. The summed E-state index contributed by atoms with van der Waals surface area (Å²) in [4.78, 5) is 6.58. The lowest BCUT2D eigenvalue weighted by Crippen LogP contribution is -1.88. The SMILES string of the molecule is COc1ccccc1Sc1ccnc2cc(N)ccc12. The quantitative estimate of drug-likeness (QED) is 0.738. The lowest BCUT2D eigenvalue weighted by molar-refractivity contribution is 0.405. The molecular formula is C16H14N2OS. The lowest BCUT2D eigenvalue weighted by Gasteiger charge is -2.09. The van der Waals surface area contributed by atoms with Gasteiger partial charge in [0.1, 0.15) is 5.75 Å². The number of hydrogen-bond donors (Lipinski definition) is 1. The fourth-order valence-electron chi connectivity index (χ4n) is 2.05. The summed E-state index contributed by atoms with van der Waals surface area (Å²) >= 11 is 1.67. The number of rotatable bonds is 3.